The molecular weight excluding hydrogens is 432 g/mol. The molecule has 0 aliphatic carbocycles. The van der Waals surface area contributed by atoms with Gasteiger partial charge in [-0.1, -0.05) is 29.5 Å². The number of carbonyl (C=O) groups is 2. The van der Waals surface area contributed by atoms with E-state index in [1.807, 2.05) is 52.9 Å². The lowest BCUT2D eigenvalue weighted by molar-refractivity contribution is -0.137. The SMILES string of the molecule is Cc1c(C(CC(=O)O)c2ccc3c(c2)CN(C(=O)OC(C)(C)C)CCC3)ccc2c1nnn2C. The number of nitrogens with zero attached hydrogens (tertiary/aromatic N) is 4. The van der Waals surface area contributed by atoms with Gasteiger partial charge in [0.05, 0.1) is 11.9 Å². The number of aryl methyl sites for hydroxylation is 3. The van der Waals surface area contributed by atoms with E-state index in [0.29, 0.717) is 13.1 Å². The van der Waals surface area contributed by atoms with E-state index in [0.717, 1.165) is 46.1 Å². The van der Waals surface area contributed by atoms with Crippen molar-refractivity contribution in [3.8, 4) is 0 Å². The van der Waals surface area contributed by atoms with Gasteiger partial charge in [-0.2, -0.15) is 0 Å². The van der Waals surface area contributed by atoms with Crippen LogP contribution in [-0.2, 0) is 29.5 Å². The van der Waals surface area contributed by atoms with E-state index >= 15 is 0 Å². The number of amides is 1. The molecule has 4 rings (SSSR count). The van der Waals surface area contributed by atoms with E-state index in [2.05, 4.69) is 22.4 Å². The Morgan fingerprint density at radius 2 is 1.94 bits per heavy atom. The third-order valence-electron chi connectivity index (χ3n) is 6.35. The molecule has 8 heteroatoms. The van der Waals surface area contributed by atoms with Gasteiger partial charge in [0.25, 0.3) is 0 Å². The van der Waals surface area contributed by atoms with Gasteiger partial charge in [0.2, 0.25) is 0 Å². The smallest absolute Gasteiger partial charge is 0.410 e. The van der Waals surface area contributed by atoms with E-state index < -0.39 is 11.6 Å². The number of rotatable bonds is 4. The van der Waals surface area contributed by atoms with Crippen LogP contribution in [0, 0.1) is 6.92 Å². The molecule has 3 aromatic rings. The number of aromatic nitrogens is 3. The minimum Gasteiger partial charge on any atom is -0.481 e. The highest BCUT2D eigenvalue weighted by Crippen LogP contribution is 2.35. The molecule has 8 nitrogen and oxygen atoms in total. The molecule has 1 atom stereocenters. The van der Waals surface area contributed by atoms with Crippen LogP contribution in [-0.4, -0.2) is 49.2 Å². The number of ether oxygens (including phenoxy) is 1. The fraction of sp³-hybridized carbons (Fsp3) is 0.462. The summed E-state index contributed by atoms with van der Waals surface area (Å²) in [4.78, 5) is 26.3. The Balaban J connectivity index is 1.72. The molecule has 1 aromatic heterocycles. The Kier molecular flexibility index (Phi) is 6.34. The van der Waals surface area contributed by atoms with E-state index in [9.17, 15) is 14.7 Å². The first kappa shape index (κ1) is 23.7. The maximum atomic E-state index is 12.7. The van der Waals surface area contributed by atoms with Gasteiger partial charge in [0, 0.05) is 26.1 Å². The topological polar surface area (TPSA) is 97.6 Å². The first-order valence-corrected chi connectivity index (χ1v) is 11.6. The molecule has 180 valence electrons. The fourth-order valence-corrected chi connectivity index (χ4v) is 4.69. The second-order valence-electron chi connectivity index (χ2n) is 10.0. The zero-order valence-electron chi connectivity index (χ0n) is 20.5. The van der Waals surface area contributed by atoms with Crippen molar-refractivity contribution < 1.29 is 19.4 Å². The van der Waals surface area contributed by atoms with Crippen molar-refractivity contribution in [3.05, 3.63) is 58.1 Å². The lowest BCUT2D eigenvalue weighted by Gasteiger charge is -2.27. The highest BCUT2D eigenvalue weighted by molar-refractivity contribution is 5.80. The fourth-order valence-electron chi connectivity index (χ4n) is 4.69. The van der Waals surface area contributed by atoms with Crippen LogP contribution in [0.5, 0.6) is 0 Å². The van der Waals surface area contributed by atoms with Crippen molar-refractivity contribution in [2.24, 2.45) is 7.05 Å². The summed E-state index contributed by atoms with van der Waals surface area (Å²) < 4.78 is 7.31. The number of aliphatic carboxylic acids is 1. The Morgan fingerprint density at radius 1 is 1.18 bits per heavy atom. The van der Waals surface area contributed by atoms with E-state index in [4.69, 9.17) is 4.74 Å². The van der Waals surface area contributed by atoms with E-state index in [1.54, 1.807) is 9.58 Å². The number of hydrogen-bond donors (Lipinski definition) is 1. The molecule has 1 amide bonds. The van der Waals surface area contributed by atoms with Crippen LogP contribution in [0.2, 0.25) is 0 Å². The molecule has 0 saturated heterocycles. The highest BCUT2D eigenvalue weighted by Gasteiger charge is 2.27. The van der Waals surface area contributed by atoms with Crippen molar-refractivity contribution in [2.45, 2.75) is 65.0 Å². The van der Waals surface area contributed by atoms with Gasteiger partial charge >= 0.3 is 12.1 Å². The largest absolute Gasteiger partial charge is 0.481 e. The number of carboxylic acids is 1. The minimum atomic E-state index is -0.867. The minimum absolute atomic E-state index is 0.0405. The molecule has 0 bridgehead atoms. The second kappa shape index (κ2) is 9.08. The van der Waals surface area contributed by atoms with Crippen molar-refractivity contribution in [2.75, 3.05) is 6.54 Å². The Hall–Kier alpha value is -3.42. The van der Waals surface area contributed by atoms with E-state index in [-0.39, 0.29) is 18.4 Å². The summed E-state index contributed by atoms with van der Waals surface area (Å²) in [6, 6.07) is 10.1. The van der Waals surface area contributed by atoms with E-state index in [1.165, 1.54) is 5.56 Å². The molecule has 2 heterocycles. The van der Waals surface area contributed by atoms with Crippen molar-refractivity contribution in [3.63, 3.8) is 0 Å². The van der Waals surface area contributed by atoms with Gasteiger partial charge in [0.1, 0.15) is 11.1 Å². The van der Waals surface area contributed by atoms with Crippen LogP contribution < -0.4 is 0 Å². The Morgan fingerprint density at radius 3 is 2.65 bits per heavy atom. The van der Waals surface area contributed by atoms with Crippen LogP contribution >= 0.6 is 0 Å². The summed E-state index contributed by atoms with van der Waals surface area (Å²) in [6.45, 7) is 8.62. The summed E-state index contributed by atoms with van der Waals surface area (Å²) in [5.41, 5.74) is 6.12. The number of carbonyl (C=O) groups excluding carboxylic acids is 1. The van der Waals surface area contributed by atoms with Crippen molar-refractivity contribution >= 4 is 23.1 Å². The van der Waals surface area contributed by atoms with Gasteiger partial charge < -0.3 is 14.7 Å². The predicted octanol–water partition coefficient (Wildman–Crippen LogP) is 4.57. The molecule has 0 spiro atoms. The molecule has 1 aliphatic rings. The summed E-state index contributed by atoms with van der Waals surface area (Å²) in [6.07, 6.45) is 1.36. The second-order valence-corrected chi connectivity index (χ2v) is 10.0. The Bertz CT molecular complexity index is 1240. The molecule has 2 aromatic carbocycles. The molecular formula is C26H32N4O4. The van der Waals surface area contributed by atoms with Crippen LogP contribution in [0.25, 0.3) is 11.0 Å². The van der Waals surface area contributed by atoms with Crippen molar-refractivity contribution in [1.82, 2.24) is 19.9 Å². The lowest BCUT2D eigenvalue weighted by atomic mass is 9.84. The molecule has 34 heavy (non-hydrogen) atoms. The van der Waals surface area contributed by atoms with Crippen LogP contribution in [0.15, 0.2) is 30.3 Å². The summed E-state index contributed by atoms with van der Waals surface area (Å²) in [5.74, 6) is -1.21. The van der Waals surface area contributed by atoms with Gasteiger partial charge in [-0.25, -0.2) is 9.48 Å². The number of hydrogen-bond acceptors (Lipinski definition) is 5. The summed E-state index contributed by atoms with van der Waals surface area (Å²) >= 11 is 0. The maximum Gasteiger partial charge on any atom is 0.410 e. The number of carboxylic acid groups (broad SMARTS) is 1. The zero-order valence-corrected chi connectivity index (χ0v) is 20.5. The zero-order chi connectivity index (χ0) is 24.6. The number of fused-ring (bicyclic) bond motifs is 2. The summed E-state index contributed by atoms with van der Waals surface area (Å²) in [7, 11) is 1.84. The average molecular weight is 465 g/mol. The number of benzene rings is 2. The van der Waals surface area contributed by atoms with Gasteiger partial charge in [-0.15, -0.1) is 5.10 Å². The monoisotopic (exact) mass is 464 g/mol. The molecule has 0 fully saturated rings. The van der Waals surface area contributed by atoms with Gasteiger partial charge in [0.15, 0.2) is 0 Å². The molecule has 0 saturated carbocycles. The third kappa shape index (κ3) is 4.90. The van der Waals surface area contributed by atoms with Crippen LogP contribution in [0.3, 0.4) is 0 Å². The Labute approximate surface area is 199 Å². The quantitative estimate of drug-likeness (QED) is 0.608. The summed E-state index contributed by atoms with van der Waals surface area (Å²) in [5, 5.41) is 18.1. The molecule has 1 N–H and O–H groups in total. The standard InChI is InChI=1S/C26H32N4O4/c1-16-20(10-11-22-24(16)27-28-29(22)5)21(14-23(31)32)18-9-8-17-7-6-12-30(15-19(17)13-18)25(33)34-26(2,3)4/h8-11,13,21H,6-7,12,14-15H2,1-5H3,(H,31,32). The van der Waals surface area contributed by atoms with Gasteiger partial charge in [-0.3, -0.25) is 4.79 Å². The molecule has 1 unspecified atom stereocenters. The predicted molar refractivity (Wildman–Crippen MR) is 129 cm³/mol. The lowest BCUT2D eigenvalue weighted by Crippen LogP contribution is -2.36. The van der Waals surface area contributed by atoms with Crippen LogP contribution in [0.4, 0.5) is 4.79 Å². The molecule has 1 aliphatic heterocycles. The first-order chi connectivity index (χ1) is 16.0. The highest BCUT2D eigenvalue weighted by atomic mass is 16.6. The third-order valence-corrected chi connectivity index (χ3v) is 6.35. The maximum absolute atomic E-state index is 12.7. The van der Waals surface area contributed by atoms with Crippen molar-refractivity contribution in [1.29, 1.82) is 0 Å². The van der Waals surface area contributed by atoms with Crippen LogP contribution in [0.1, 0.15) is 67.3 Å². The molecule has 0 radical (unpaired) electrons. The van der Waals surface area contributed by atoms with Gasteiger partial charge in [-0.05, 0) is 74.4 Å². The average Bonchev–Trinajstić information content (AvgIpc) is 3.00. The first-order valence-electron chi connectivity index (χ1n) is 11.6. The normalized spacial score (nSPS) is 15.0.